The molecule has 0 aliphatic carbocycles. The summed E-state index contributed by atoms with van der Waals surface area (Å²) in [4.78, 5) is 2.49. The summed E-state index contributed by atoms with van der Waals surface area (Å²) in [5.74, 6) is 1.65. The van der Waals surface area contributed by atoms with Crippen LogP contribution in [0.25, 0.3) is 0 Å². The Labute approximate surface area is 129 Å². The van der Waals surface area contributed by atoms with Crippen LogP contribution in [0.1, 0.15) is 40.5 Å². The molecule has 1 heterocycles. The van der Waals surface area contributed by atoms with Crippen LogP contribution in [0.5, 0.6) is 5.75 Å². The number of rotatable bonds is 6. The largest absolute Gasteiger partial charge is 0.491 e. The quantitative estimate of drug-likeness (QED) is 0.865. The highest BCUT2D eigenvalue weighted by Crippen LogP contribution is 2.25. The summed E-state index contributed by atoms with van der Waals surface area (Å²) in [6, 6.07) is 9.21. The van der Waals surface area contributed by atoms with E-state index >= 15 is 0 Å². The van der Waals surface area contributed by atoms with Gasteiger partial charge in [-0.2, -0.15) is 0 Å². The zero-order valence-electron chi connectivity index (χ0n) is 13.9. The van der Waals surface area contributed by atoms with Gasteiger partial charge in [-0.15, -0.1) is 0 Å². The van der Waals surface area contributed by atoms with Gasteiger partial charge in [0.15, 0.2) is 0 Å². The first-order valence-corrected chi connectivity index (χ1v) is 8.35. The van der Waals surface area contributed by atoms with Gasteiger partial charge in [0.05, 0.1) is 6.10 Å². The molecule has 0 amide bonds. The van der Waals surface area contributed by atoms with E-state index in [9.17, 15) is 0 Å². The highest BCUT2D eigenvalue weighted by molar-refractivity contribution is 5.49. The minimum Gasteiger partial charge on any atom is -0.491 e. The zero-order valence-corrected chi connectivity index (χ0v) is 13.9. The number of hydrogen-bond donors (Lipinski definition) is 1. The molecule has 3 heteroatoms. The fourth-order valence-corrected chi connectivity index (χ4v) is 3.02. The van der Waals surface area contributed by atoms with Crippen LogP contribution in [0, 0.1) is 5.92 Å². The van der Waals surface area contributed by atoms with E-state index in [0.717, 1.165) is 25.4 Å². The van der Waals surface area contributed by atoms with Gasteiger partial charge in [-0.3, -0.25) is 0 Å². The molecule has 118 valence electrons. The van der Waals surface area contributed by atoms with E-state index in [-0.39, 0.29) is 6.10 Å². The number of benzene rings is 1. The molecule has 2 rings (SSSR count). The van der Waals surface area contributed by atoms with E-state index in [1.807, 2.05) is 0 Å². The Kier molecular flexibility index (Phi) is 5.92. The molecule has 1 aliphatic heterocycles. The third-order valence-electron chi connectivity index (χ3n) is 4.14. The molecule has 0 spiro atoms. The number of ether oxygens (including phenoxy) is 1. The van der Waals surface area contributed by atoms with Crippen LogP contribution in [0.2, 0.25) is 0 Å². The van der Waals surface area contributed by atoms with Crippen molar-refractivity contribution in [3.63, 3.8) is 0 Å². The Bertz CT molecular complexity index is 416. The molecule has 2 unspecified atom stereocenters. The first kappa shape index (κ1) is 16.2. The molecule has 0 saturated carbocycles. The fourth-order valence-electron chi connectivity index (χ4n) is 3.02. The van der Waals surface area contributed by atoms with Gasteiger partial charge >= 0.3 is 0 Å². The first-order valence-electron chi connectivity index (χ1n) is 8.35. The van der Waals surface area contributed by atoms with Gasteiger partial charge in [-0.1, -0.05) is 13.8 Å². The number of hydrogen-bond acceptors (Lipinski definition) is 3. The van der Waals surface area contributed by atoms with E-state index in [0.29, 0.717) is 12.0 Å². The molecule has 0 bridgehead atoms. The predicted octanol–water partition coefficient (Wildman–Crippen LogP) is 3.69. The zero-order chi connectivity index (χ0) is 15.2. The third kappa shape index (κ3) is 4.63. The summed E-state index contributed by atoms with van der Waals surface area (Å²) >= 11 is 0. The molecule has 1 saturated heterocycles. The van der Waals surface area contributed by atoms with Crippen molar-refractivity contribution in [2.75, 3.05) is 24.5 Å². The van der Waals surface area contributed by atoms with Gasteiger partial charge in [0.25, 0.3) is 0 Å². The highest BCUT2D eigenvalue weighted by atomic mass is 16.5. The van der Waals surface area contributed by atoms with Crippen molar-refractivity contribution in [3.05, 3.63) is 24.3 Å². The summed E-state index contributed by atoms with van der Waals surface area (Å²) in [5.41, 5.74) is 1.31. The monoisotopic (exact) mass is 290 g/mol. The standard InChI is InChI=1S/C18H30N2O/c1-5-11-19-18-10-12-20(13-15(18)4)16-6-8-17(9-7-16)21-14(2)3/h6-9,14-15,18-19H,5,10-13H2,1-4H3. The van der Waals surface area contributed by atoms with Gasteiger partial charge in [0.2, 0.25) is 0 Å². The minimum atomic E-state index is 0.233. The van der Waals surface area contributed by atoms with Crippen LogP contribution in [0.15, 0.2) is 24.3 Å². The van der Waals surface area contributed by atoms with Crippen LogP contribution < -0.4 is 15.0 Å². The molecule has 21 heavy (non-hydrogen) atoms. The van der Waals surface area contributed by atoms with Crippen LogP contribution in [0.3, 0.4) is 0 Å². The molecule has 1 N–H and O–H groups in total. The molecular weight excluding hydrogens is 260 g/mol. The maximum absolute atomic E-state index is 5.71. The maximum atomic E-state index is 5.71. The lowest BCUT2D eigenvalue weighted by atomic mass is 9.93. The molecule has 2 atom stereocenters. The lowest BCUT2D eigenvalue weighted by molar-refractivity contribution is 0.242. The van der Waals surface area contributed by atoms with E-state index in [1.165, 1.54) is 18.5 Å². The molecule has 1 aliphatic rings. The normalized spacial score (nSPS) is 22.6. The minimum absolute atomic E-state index is 0.233. The lowest BCUT2D eigenvalue weighted by Crippen LogP contribution is -2.48. The summed E-state index contributed by atoms with van der Waals surface area (Å²) in [6.45, 7) is 12.1. The van der Waals surface area contributed by atoms with Crippen LogP contribution in [-0.4, -0.2) is 31.8 Å². The predicted molar refractivity (Wildman–Crippen MR) is 90.3 cm³/mol. The van der Waals surface area contributed by atoms with Crippen LogP contribution in [0.4, 0.5) is 5.69 Å². The SMILES string of the molecule is CCCNC1CCN(c2ccc(OC(C)C)cc2)CC1C. The number of nitrogens with one attached hydrogen (secondary N) is 1. The van der Waals surface area contributed by atoms with Crippen molar-refractivity contribution < 1.29 is 4.74 Å². The van der Waals surface area contributed by atoms with Crippen molar-refractivity contribution in [2.45, 2.75) is 52.7 Å². The van der Waals surface area contributed by atoms with E-state index < -0.39 is 0 Å². The molecule has 1 aromatic rings. The van der Waals surface area contributed by atoms with Gasteiger partial charge in [-0.25, -0.2) is 0 Å². The van der Waals surface area contributed by atoms with Crippen molar-refractivity contribution in [1.82, 2.24) is 5.32 Å². The number of nitrogens with zero attached hydrogens (tertiary/aromatic N) is 1. The van der Waals surface area contributed by atoms with E-state index in [1.54, 1.807) is 0 Å². The summed E-state index contributed by atoms with van der Waals surface area (Å²) in [7, 11) is 0. The summed E-state index contributed by atoms with van der Waals surface area (Å²) in [5, 5.41) is 3.68. The van der Waals surface area contributed by atoms with Crippen molar-refractivity contribution in [2.24, 2.45) is 5.92 Å². The molecule has 3 nitrogen and oxygen atoms in total. The lowest BCUT2D eigenvalue weighted by Gasteiger charge is -2.38. The number of piperidine rings is 1. The second-order valence-electron chi connectivity index (χ2n) is 6.43. The fraction of sp³-hybridized carbons (Fsp3) is 0.667. The van der Waals surface area contributed by atoms with Crippen molar-refractivity contribution in [1.29, 1.82) is 0 Å². The van der Waals surface area contributed by atoms with Gasteiger partial charge in [0, 0.05) is 24.8 Å². The van der Waals surface area contributed by atoms with Crippen molar-refractivity contribution in [3.8, 4) is 5.75 Å². The molecule has 1 fully saturated rings. The summed E-state index contributed by atoms with van der Waals surface area (Å²) < 4.78 is 5.71. The van der Waals surface area contributed by atoms with Crippen molar-refractivity contribution >= 4 is 5.69 Å². The van der Waals surface area contributed by atoms with E-state index in [2.05, 4.69) is 62.2 Å². The van der Waals surface area contributed by atoms with Gasteiger partial charge < -0.3 is 15.0 Å². The first-order chi connectivity index (χ1) is 10.1. The molecule has 0 aromatic heterocycles. The van der Waals surface area contributed by atoms with Gasteiger partial charge in [0.1, 0.15) is 5.75 Å². The molecule has 1 aromatic carbocycles. The topological polar surface area (TPSA) is 24.5 Å². The maximum Gasteiger partial charge on any atom is 0.119 e. The Morgan fingerprint density at radius 3 is 2.57 bits per heavy atom. The summed E-state index contributed by atoms with van der Waals surface area (Å²) in [6.07, 6.45) is 2.67. The average molecular weight is 290 g/mol. The Balaban J connectivity index is 1.91. The van der Waals surface area contributed by atoms with Crippen LogP contribution >= 0.6 is 0 Å². The second-order valence-corrected chi connectivity index (χ2v) is 6.43. The number of anilines is 1. The highest BCUT2D eigenvalue weighted by Gasteiger charge is 2.25. The molecule has 0 radical (unpaired) electrons. The smallest absolute Gasteiger partial charge is 0.119 e. The Morgan fingerprint density at radius 2 is 2.00 bits per heavy atom. The third-order valence-corrected chi connectivity index (χ3v) is 4.14. The Morgan fingerprint density at radius 1 is 1.29 bits per heavy atom. The molecular formula is C18H30N2O. The second kappa shape index (κ2) is 7.69. The van der Waals surface area contributed by atoms with Gasteiger partial charge in [-0.05, 0) is 63.4 Å². The van der Waals surface area contributed by atoms with E-state index in [4.69, 9.17) is 4.74 Å². The average Bonchev–Trinajstić information content (AvgIpc) is 2.46. The van der Waals surface area contributed by atoms with Crippen LogP contribution in [-0.2, 0) is 0 Å². The Hall–Kier alpha value is -1.22.